The van der Waals surface area contributed by atoms with Crippen molar-refractivity contribution < 1.29 is 4.58 Å². The highest BCUT2D eigenvalue weighted by atomic mass is 15.3. The summed E-state index contributed by atoms with van der Waals surface area (Å²) in [5, 5.41) is 0. The second-order valence-electron chi connectivity index (χ2n) is 8.59. The lowest BCUT2D eigenvalue weighted by atomic mass is 10.0. The van der Waals surface area contributed by atoms with E-state index in [1.807, 2.05) is 0 Å². The predicted molar refractivity (Wildman–Crippen MR) is 117 cm³/mol. The molecule has 144 valence electrons. The van der Waals surface area contributed by atoms with Crippen molar-refractivity contribution in [3.8, 4) is 0 Å². The molecule has 0 radical (unpaired) electrons. The third kappa shape index (κ3) is 3.93. The van der Waals surface area contributed by atoms with Crippen molar-refractivity contribution in [2.45, 2.75) is 47.6 Å². The summed E-state index contributed by atoms with van der Waals surface area (Å²) < 4.78 is 2.46. The summed E-state index contributed by atoms with van der Waals surface area (Å²) in [5.41, 5.74) is 10.8. The molecule has 0 bridgehead atoms. The molecule has 0 spiro atoms. The standard InChI is InChI=1S/C24H34N3/c1-16-9-18(3)23(19(4)10-16)26-14-22(13-25(7)8)27(15-26)24-20(5)11-17(2)12-21(24)6/h9-12,15,22H,13-14H2,1-8H3/q+1. The summed E-state index contributed by atoms with van der Waals surface area (Å²) in [6.45, 7) is 15.3. The van der Waals surface area contributed by atoms with Crippen LogP contribution in [0.25, 0.3) is 0 Å². The van der Waals surface area contributed by atoms with Crippen LogP contribution in [0.2, 0.25) is 0 Å². The molecule has 1 unspecified atom stereocenters. The lowest BCUT2D eigenvalue weighted by molar-refractivity contribution is -0.429. The monoisotopic (exact) mass is 364 g/mol. The van der Waals surface area contributed by atoms with Gasteiger partial charge in [-0.3, -0.25) is 0 Å². The topological polar surface area (TPSA) is 9.49 Å². The molecular formula is C24H34N3+. The van der Waals surface area contributed by atoms with Crippen LogP contribution in [0.3, 0.4) is 0 Å². The quantitative estimate of drug-likeness (QED) is 0.730. The van der Waals surface area contributed by atoms with Crippen LogP contribution in [0, 0.1) is 41.5 Å². The largest absolute Gasteiger partial charge is 0.305 e. The van der Waals surface area contributed by atoms with Crippen molar-refractivity contribution in [2.24, 2.45) is 0 Å². The molecule has 2 aromatic carbocycles. The molecule has 3 rings (SSSR count). The fourth-order valence-electron chi connectivity index (χ4n) is 4.77. The molecule has 3 nitrogen and oxygen atoms in total. The lowest BCUT2D eigenvalue weighted by Crippen LogP contribution is -2.40. The number of hydrogen-bond donors (Lipinski definition) is 0. The number of nitrogens with zero attached hydrogens (tertiary/aromatic N) is 3. The van der Waals surface area contributed by atoms with Gasteiger partial charge in [0, 0.05) is 6.54 Å². The van der Waals surface area contributed by atoms with Gasteiger partial charge >= 0.3 is 0 Å². The molecule has 1 aliphatic heterocycles. The number of rotatable bonds is 4. The average Bonchev–Trinajstić information content (AvgIpc) is 2.87. The minimum Gasteiger partial charge on any atom is -0.305 e. The van der Waals surface area contributed by atoms with E-state index in [4.69, 9.17) is 0 Å². The van der Waals surface area contributed by atoms with E-state index < -0.39 is 0 Å². The van der Waals surface area contributed by atoms with Gasteiger partial charge in [0.1, 0.15) is 17.9 Å². The molecule has 27 heavy (non-hydrogen) atoms. The second-order valence-corrected chi connectivity index (χ2v) is 8.59. The zero-order valence-electron chi connectivity index (χ0n) is 18.2. The molecule has 1 heterocycles. The highest BCUT2D eigenvalue weighted by Crippen LogP contribution is 2.32. The molecule has 1 aliphatic rings. The van der Waals surface area contributed by atoms with E-state index in [9.17, 15) is 0 Å². The molecule has 0 amide bonds. The zero-order valence-corrected chi connectivity index (χ0v) is 18.2. The first kappa shape index (κ1) is 19.6. The van der Waals surface area contributed by atoms with E-state index in [0.717, 1.165) is 13.1 Å². The Morgan fingerprint density at radius 3 is 1.81 bits per heavy atom. The van der Waals surface area contributed by atoms with Crippen LogP contribution in [-0.2, 0) is 0 Å². The molecule has 1 atom stereocenters. The van der Waals surface area contributed by atoms with Crippen LogP contribution >= 0.6 is 0 Å². The van der Waals surface area contributed by atoms with Crippen molar-refractivity contribution in [2.75, 3.05) is 32.1 Å². The van der Waals surface area contributed by atoms with Gasteiger partial charge in [0.2, 0.25) is 6.34 Å². The molecule has 0 fully saturated rings. The minimum atomic E-state index is 0.431. The Morgan fingerprint density at radius 2 is 1.33 bits per heavy atom. The van der Waals surface area contributed by atoms with E-state index in [0.29, 0.717) is 6.04 Å². The maximum absolute atomic E-state index is 2.50. The van der Waals surface area contributed by atoms with Gasteiger partial charge < -0.3 is 4.90 Å². The Balaban J connectivity index is 2.11. The van der Waals surface area contributed by atoms with Crippen LogP contribution < -0.4 is 4.90 Å². The number of anilines is 1. The summed E-state index contributed by atoms with van der Waals surface area (Å²) in [4.78, 5) is 4.80. The second kappa shape index (κ2) is 7.47. The van der Waals surface area contributed by atoms with Crippen LogP contribution in [0.5, 0.6) is 0 Å². The number of hydrogen-bond acceptors (Lipinski definition) is 2. The maximum Gasteiger partial charge on any atom is 0.245 e. The first-order valence-electron chi connectivity index (χ1n) is 9.87. The van der Waals surface area contributed by atoms with Gasteiger partial charge in [-0.05, 0) is 77.9 Å². The summed E-state index contributed by atoms with van der Waals surface area (Å²) >= 11 is 0. The van der Waals surface area contributed by atoms with Crippen LogP contribution in [0.4, 0.5) is 11.4 Å². The average molecular weight is 365 g/mol. The van der Waals surface area contributed by atoms with Gasteiger partial charge in [0.25, 0.3) is 0 Å². The highest BCUT2D eigenvalue weighted by molar-refractivity contribution is 5.83. The molecule has 0 saturated carbocycles. The Bertz CT molecular complexity index is 846. The van der Waals surface area contributed by atoms with Gasteiger partial charge in [0.15, 0.2) is 6.04 Å². The normalized spacial score (nSPS) is 17.0. The Labute approximate surface area is 164 Å². The first-order chi connectivity index (χ1) is 12.7. The summed E-state index contributed by atoms with van der Waals surface area (Å²) in [6, 6.07) is 9.62. The molecule has 0 saturated heterocycles. The zero-order chi connectivity index (χ0) is 19.9. The molecule has 3 heteroatoms. The Kier molecular flexibility index (Phi) is 5.43. The first-order valence-corrected chi connectivity index (χ1v) is 9.87. The van der Waals surface area contributed by atoms with E-state index in [1.165, 1.54) is 44.8 Å². The minimum absolute atomic E-state index is 0.431. The maximum atomic E-state index is 2.50. The van der Waals surface area contributed by atoms with E-state index in [-0.39, 0.29) is 0 Å². The molecule has 2 aromatic rings. The van der Waals surface area contributed by atoms with Crippen molar-refractivity contribution in [1.29, 1.82) is 0 Å². The smallest absolute Gasteiger partial charge is 0.245 e. The summed E-state index contributed by atoms with van der Waals surface area (Å²) in [6.07, 6.45) is 2.34. The highest BCUT2D eigenvalue weighted by Gasteiger charge is 2.36. The SMILES string of the molecule is Cc1cc(C)c(N2C=[N+](c3c(C)cc(C)cc3C)CC2CN(C)C)c(C)c1. The van der Waals surface area contributed by atoms with Gasteiger partial charge in [0.05, 0.1) is 0 Å². The van der Waals surface area contributed by atoms with E-state index in [2.05, 4.69) is 101 Å². The van der Waals surface area contributed by atoms with Gasteiger partial charge in [-0.15, -0.1) is 0 Å². The van der Waals surface area contributed by atoms with Gasteiger partial charge in [-0.1, -0.05) is 35.4 Å². The van der Waals surface area contributed by atoms with Crippen molar-refractivity contribution in [3.63, 3.8) is 0 Å². The molecule has 0 aliphatic carbocycles. The molecule has 0 aromatic heterocycles. The van der Waals surface area contributed by atoms with Crippen LogP contribution in [0.1, 0.15) is 33.4 Å². The third-order valence-electron chi connectivity index (χ3n) is 5.46. The third-order valence-corrected chi connectivity index (χ3v) is 5.46. The fraction of sp³-hybridized carbons (Fsp3) is 0.458. The number of benzene rings is 2. The van der Waals surface area contributed by atoms with Gasteiger partial charge in [-0.2, -0.15) is 0 Å². The van der Waals surface area contributed by atoms with E-state index >= 15 is 0 Å². The molecule has 0 N–H and O–H groups in total. The number of aryl methyl sites for hydroxylation is 6. The Hall–Kier alpha value is -2.13. The van der Waals surface area contributed by atoms with Crippen LogP contribution in [0.15, 0.2) is 24.3 Å². The van der Waals surface area contributed by atoms with Crippen molar-refractivity contribution >= 4 is 17.7 Å². The molecular weight excluding hydrogens is 330 g/mol. The van der Waals surface area contributed by atoms with Gasteiger partial charge in [-0.25, -0.2) is 9.48 Å². The summed E-state index contributed by atoms with van der Waals surface area (Å²) in [7, 11) is 4.33. The predicted octanol–water partition coefficient (Wildman–Crippen LogP) is 4.66. The fourth-order valence-corrected chi connectivity index (χ4v) is 4.77. The number of likely N-dealkylation sites (N-methyl/N-ethyl adjacent to an activating group) is 1. The van der Waals surface area contributed by atoms with E-state index in [1.54, 1.807) is 0 Å². The van der Waals surface area contributed by atoms with Crippen molar-refractivity contribution in [1.82, 2.24) is 4.90 Å². The lowest BCUT2D eigenvalue weighted by Gasteiger charge is -2.23. The van der Waals surface area contributed by atoms with Crippen molar-refractivity contribution in [3.05, 3.63) is 57.6 Å². The summed E-state index contributed by atoms with van der Waals surface area (Å²) in [5.74, 6) is 0. The van der Waals surface area contributed by atoms with Crippen LogP contribution in [-0.4, -0.2) is 49.0 Å². The Morgan fingerprint density at radius 1 is 0.852 bits per heavy atom.